The van der Waals surface area contributed by atoms with E-state index >= 15 is 0 Å². The Morgan fingerprint density at radius 3 is 2.14 bits per heavy atom. The molecular formula is C16H24ClNO2S. The third-order valence-electron chi connectivity index (χ3n) is 4.46. The molecule has 0 heterocycles. The molecule has 0 spiro atoms. The topological polar surface area (TPSA) is 37.4 Å². The van der Waals surface area contributed by atoms with Gasteiger partial charge in [-0.05, 0) is 42.7 Å². The summed E-state index contributed by atoms with van der Waals surface area (Å²) in [4.78, 5) is 0. The van der Waals surface area contributed by atoms with Gasteiger partial charge in [-0.3, -0.25) is 0 Å². The molecule has 5 heteroatoms. The maximum absolute atomic E-state index is 12.5. The molecule has 0 aromatic heterocycles. The molecule has 1 fully saturated rings. The monoisotopic (exact) mass is 329 g/mol. The van der Waals surface area contributed by atoms with Crippen molar-refractivity contribution in [2.24, 2.45) is 5.92 Å². The average Bonchev–Trinajstić information content (AvgIpc) is 2.48. The van der Waals surface area contributed by atoms with E-state index < -0.39 is 10.0 Å². The molecule has 1 aromatic carbocycles. The summed E-state index contributed by atoms with van der Waals surface area (Å²) in [5.41, 5.74) is 1.83. The molecule has 3 nitrogen and oxygen atoms in total. The molecule has 21 heavy (non-hydrogen) atoms. The lowest BCUT2D eigenvalue weighted by Gasteiger charge is -2.32. The third-order valence-corrected chi connectivity index (χ3v) is 6.65. The summed E-state index contributed by atoms with van der Waals surface area (Å²) in [7, 11) is -1.52. The van der Waals surface area contributed by atoms with E-state index in [1.54, 1.807) is 11.4 Å². The molecule has 1 aromatic rings. The Labute approximate surface area is 133 Å². The Morgan fingerprint density at radius 2 is 1.62 bits per heavy atom. The first kappa shape index (κ1) is 16.8. The van der Waals surface area contributed by atoms with Crippen molar-refractivity contribution in [3.8, 4) is 0 Å². The highest BCUT2D eigenvalue weighted by atomic mass is 35.5. The van der Waals surface area contributed by atoms with Gasteiger partial charge < -0.3 is 0 Å². The zero-order valence-electron chi connectivity index (χ0n) is 12.8. The molecule has 0 radical (unpaired) electrons. The number of halogens is 1. The van der Waals surface area contributed by atoms with Crippen LogP contribution in [0, 0.1) is 5.92 Å². The van der Waals surface area contributed by atoms with Crippen LogP contribution in [0.25, 0.3) is 0 Å². The molecule has 0 bridgehead atoms. The minimum Gasteiger partial charge on any atom is -0.212 e. The largest absolute Gasteiger partial charge is 0.218 e. The number of hydrogen-bond donors (Lipinski definition) is 0. The van der Waals surface area contributed by atoms with Gasteiger partial charge in [-0.15, -0.1) is 11.6 Å². The summed E-state index contributed by atoms with van der Waals surface area (Å²) in [5, 5.41) is 0. The van der Waals surface area contributed by atoms with Crippen LogP contribution in [0.3, 0.4) is 0 Å². The lowest BCUT2D eigenvalue weighted by atomic mass is 9.87. The smallest absolute Gasteiger partial charge is 0.212 e. The van der Waals surface area contributed by atoms with Gasteiger partial charge in [0.05, 0.1) is 5.75 Å². The maximum atomic E-state index is 12.5. The molecule has 0 unspecified atom stereocenters. The zero-order valence-corrected chi connectivity index (χ0v) is 14.3. The first-order valence-corrected chi connectivity index (χ1v) is 9.66. The third kappa shape index (κ3) is 4.44. The van der Waals surface area contributed by atoms with Gasteiger partial charge >= 0.3 is 0 Å². The second kappa shape index (κ2) is 7.12. The van der Waals surface area contributed by atoms with Gasteiger partial charge in [0.2, 0.25) is 10.0 Å². The SMILES string of the molecule is CC1CCC(N(C)S(=O)(=O)Cc2ccc(CCl)cc2)CC1. The Hall–Kier alpha value is -0.580. The predicted molar refractivity (Wildman–Crippen MR) is 87.8 cm³/mol. The summed E-state index contributed by atoms with van der Waals surface area (Å²) in [5.74, 6) is 1.24. The zero-order chi connectivity index (χ0) is 15.5. The molecule has 0 saturated heterocycles. The fourth-order valence-corrected chi connectivity index (χ4v) is 4.53. The van der Waals surface area contributed by atoms with Crippen LogP contribution in [0.2, 0.25) is 0 Å². The molecule has 1 saturated carbocycles. The van der Waals surface area contributed by atoms with Crippen molar-refractivity contribution in [1.29, 1.82) is 0 Å². The van der Waals surface area contributed by atoms with Crippen molar-refractivity contribution in [1.82, 2.24) is 4.31 Å². The van der Waals surface area contributed by atoms with E-state index in [9.17, 15) is 8.42 Å². The van der Waals surface area contributed by atoms with Gasteiger partial charge in [-0.1, -0.05) is 31.2 Å². The minimum absolute atomic E-state index is 0.0676. The van der Waals surface area contributed by atoms with E-state index in [1.165, 1.54) is 0 Å². The van der Waals surface area contributed by atoms with Gasteiger partial charge in [0.1, 0.15) is 0 Å². The molecule has 0 N–H and O–H groups in total. The standard InChI is InChI=1S/C16H24ClNO2S/c1-13-3-9-16(10-4-13)18(2)21(19,20)12-15-7-5-14(11-17)6-8-15/h5-8,13,16H,3-4,9-12H2,1-2H3. The van der Waals surface area contributed by atoms with Crippen LogP contribution < -0.4 is 0 Å². The molecule has 118 valence electrons. The van der Waals surface area contributed by atoms with E-state index in [1.807, 2.05) is 24.3 Å². The summed E-state index contributed by atoms with van der Waals surface area (Å²) >= 11 is 5.75. The van der Waals surface area contributed by atoms with Crippen LogP contribution in [0.15, 0.2) is 24.3 Å². The molecule has 0 atom stereocenters. The van der Waals surface area contributed by atoms with Crippen molar-refractivity contribution >= 4 is 21.6 Å². The highest BCUT2D eigenvalue weighted by Crippen LogP contribution is 2.28. The van der Waals surface area contributed by atoms with Gasteiger partial charge in [-0.2, -0.15) is 0 Å². The number of nitrogens with zero attached hydrogens (tertiary/aromatic N) is 1. The van der Waals surface area contributed by atoms with Crippen LogP contribution in [0.4, 0.5) is 0 Å². The Balaban J connectivity index is 2.02. The number of benzene rings is 1. The van der Waals surface area contributed by atoms with Gasteiger partial charge in [-0.25, -0.2) is 12.7 Å². The van der Waals surface area contributed by atoms with Gasteiger partial charge in [0.15, 0.2) is 0 Å². The molecule has 2 rings (SSSR count). The van der Waals surface area contributed by atoms with Crippen LogP contribution >= 0.6 is 11.6 Å². The van der Waals surface area contributed by atoms with Crippen molar-refractivity contribution in [3.05, 3.63) is 35.4 Å². The molecule has 0 amide bonds. The lowest BCUT2D eigenvalue weighted by Crippen LogP contribution is -2.39. The van der Waals surface area contributed by atoms with E-state index in [-0.39, 0.29) is 11.8 Å². The number of alkyl halides is 1. The molecular weight excluding hydrogens is 306 g/mol. The molecule has 0 aliphatic heterocycles. The van der Waals surface area contributed by atoms with Crippen LogP contribution in [0.5, 0.6) is 0 Å². The van der Waals surface area contributed by atoms with Gasteiger partial charge in [0, 0.05) is 19.0 Å². The van der Waals surface area contributed by atoms with E-state index in [0.717, 1.165) is 42.7 Å². The number of sulfonamides is 1. The number of hydrogen-bond acceptors (Lipinski definition) is 2. The van der Waals surface area contributed by atoms with Crippen molar-refractivity contribution < 1.29 is 8.42 Å². The molecule has 1 aliphatic carbocycles. The summed E-state index contributed by atoms with van der Waals surface area (Å²) < 4.78 is 26.7. The normalized spacial score (nSPS) is 23.4. The minimum atomic E-state index is -3.25. The first-order chi connectivity index (χ1) is 9.92. The lowest BCUT2D eigenvalue weighted by molar-refractivity contribution is 0.246. The first-order valence-electron chi connectivity index (χ1n) is 7.52. The second-order valence-corrected chi connectivity index (χ2v) is 8.43. The highest BCUT2D eigenvalue weighted by molar-refractivity contribution is 7.88. The van der Waals surface area contributed by atoms with Crippen molar-refractivity contribution in [2.75, 3.05) is 7.05 Å². The Kier molecular flexibility index (Phi) is 5.69. The quantitative estimate of drug-likeness (QED) is 0.771. The van der Waals surface area contributed by atoms with Crippen LogP contribution in [-0.4, -0.2) is 25.8 Å². The fourth-order valence-electron chi connectivity index (χ4n) is 2.87. The predicted octanol–water partition coefficient (Wildman–Crippen LogP) is 3.77. The highest BCUT2D eigenvalue weighted by Gasteiger charge is 2.29. The fraction of sp³-hybridized carbons (Fsp3) is 0.625. The van der Waals surface area contributed by atoms with E-state index in [2.05, 4.69) is 6.92 Å². The van der Waals surface area contributed by atoms with E-state index in [0.29, 0.717) is 5.88 Å². The van der Waals surface area contributed by atoms with Crippen molar-refractivity contribution in [2.45, 2.75) is 50.3 Å². The Bertz CT molecular complexity index is 548. The maximum Gasteiger partial charge on any atom is 0.218 e. The van der Waals surface area contributed by atoms with Crippen LogP contribution in [-0.2, 0) is 21.7 Å². The van der Waals surface area contributed by atoms with Crippen LogP contribution in [0.1, 0.15) is 43.7 Å². The second-order valence-electron chi connectivity index (χ2n) is 6.14. The average molecular weight is 330 g/mol. The van der Waals surface area contributed by atoms with E-state index in [4.69, 9.17) is 11.6 Å². The Morgan fingerprint density at radius 1 is 1.10 bits per heavy atom. The number of rotatable bonds is 5. The van der Waals surface area contributed by atoms with Gasteiger partial charge in [0.25, 0.3) is 0 Å². The summed E-state index contributed by atoms with van der Waals surface area (Å²) in [6.07, 6.45) is 4.19. The summed E-state index contributed by atoms with van der Waals surface area (Å²) in [6.45, 7) is 2.24. The summed E-state index contributed by atoms with van der Waals surface area (Å²) in [6, 6.07) is 7.64. The van der Waals surface area contributed by atoms with Crippen molar-refractivity contribution in [3.63, 3.8) is 0 Å². The molecule has 1 aliphatic rings.